The SMILES string of the molecule is CCc1ccc(C(CNC(=O)CN2CCCCCC2=O)N(C)C)cc1. The topological polar surface area (TPSA) is 52.7 Å². The molecule has 0 radical (unpaired) electrons. The molecule has 5 heteroatoms. The molecule has 1 N–H and O–H groups in total. The monoisotopic (exact) mass is 345 g/mol. The highest BCUT2D eigenvalue weighted by Gasteiger charge is 2.20. The summed E-state index contributed by atoms with van der Waals surface area (Å²) in [6, 6.07) is 8.67. The summed E-state index contributed by atoms with van der Waals surface area (Å²) in [5.74, 6) is 0.0271. The Morgan fingerprint density at radius 3 is 2.56 bits per heavy atom. The average molecular weight is 345 g/mol. The van der Waals surface area contributed by atoms with E-state index in [4.69, 9.17) is 0 Å². The lowest BCUT2D eigenvalue weighted by Gasteiger charge is -2.26. The number of amides is 2. The molecule has 5 nitrogen and oxygen atoms in total. The van der Waals surface area contributed by atoms with Gasteiger partial charge in [-0.2, -0.15) is 0 Å². The molecule has 0 aromatic heterocycles. The molecule has 0 aliphatic carbocycles. The van der Waals surface area contributed by atoms with E-state index in [-0.39, 0.29) is 24.4 Å². The van der Waals surface area contributed by atoms with Crippen LogP contribution < -0.4 is 5.32 Å². The van der Waals surface area contributed by atoms with Gasteiger partial charge in [0.2, 0.25) is 11.8 Å². The molecule has 1 aliphatic rings. The minimum Gasteiger partial charge on any atom is -0.353 e. The van der Waals surface area contributed by atoms with Crippen LogP contribution in [0.15, 0.2) is 24.3 Å². The molecule has 0 spiro atoms. The maximum atomic E-state index is 12.3. The Labute approximate surface area is 151 Å². The maximum absolute atomic E-state index is 12.3. The molecule has 2 rings (SSSR count). The number of nitrogens with zero attached hydrogens (tertiary/aromatic N) is 2. The minimum absolute atomic E-state index is 0.0766. The summed E-state index contributed by atoms with van der Waals surface area (Å²) in [6.07, 6.45) is 4.59. The van der Waals surface area contributed by atoms with Crippen LogP contribution in [0.2, 0.25) is 0 Å². The van der Waals surface area contributed by atoms with Crippen molar-refractivity contribution >= 4 is 11.8 Å². The van der Waals surface area contributed by atoms with Crippen LogP contribution in [0.3, 0.4) is 0 Å². The molecule has 1 aliphatic heterocycles. The molecular weight excluding hydrogens is 314 g/mol. The molecule has 1 heterocycles. The highest BCUT2D eigenvalue weighted by Crippen LogP contribution is 2.18. The van der Waals surface area contributed by atoms with Crippen molar-refractivity contribution in [3.63, 3.8) is 0 Å². The average Bonchev–Trinajstić information content (AvgIpc) is 2.80. The second-order valence-electron chi connectivity index (χ2n) is 7.00. The van der Waals surface area contributed by atoms with Gasteiger partial charge in [-0.15, -0.1) is 0 Å². The Bertz CT molecular complexity index is 569. The second kappa shape index (κ2) is 9.56. The van der Waals surface area contributed by atoms with Gasteiger partial charge in [-0.3, -0.25) is 9.59 Å². The van der Waals surface area contributed by atoms with E-state index in [9.17, 15) is 9.59 Å². The van der Waals surface area contributed by atoms with Crippen molar-refractivity contribution in [3.05, 3.63) is 35.4 Å². The number of carbonyl (C=O) groups is 2. The zero-order valence-electron chi connectivity index (χ0n) is 15.8. The first-order valence-corrected chi connectivity index (χ1v) is 9.31. The van der Waals surface area contributed by atoms with Crippen LogP contribution in [0.5, 0.6) is 0 Å². The zero-order chi connectivity index (χ0) is 18.2. The molecule has 1 aromatic rings. The highest BCUT2D eigenvalue weighted by atomic mass is 16.2. The van der Waals surface area contributed by atoms with Gasteiger partial charge in [0.1, 0.15) is 0 Å². The smallest absolute Gasteiger partial charge is 0.239 e. The van der Waals surface area contributed by atoms with E-state index in [2.05, 4.69) is 41.4 Å². The number of rotatable bonds is 7. The summed E-state index contributed by atoms with van der Waals surface area (Å²) in [7, 11) is 4.03. The van der Waals surface area contributed by atoms with Gasteiger partial charge in [0, 0.05) is 19.5 Å². The lowest BCUT2D eigenvalue weighted by atomic mass is 10.0. The van der Waals surface area contributed by atoms with Gasteiger partial charge < -0.3 is 15.1 Å². The van der Waals surface area contributed by atoms with Crippen molar-refractivity contribution < 1.29 is 9.59 Å². The number of carbonyl (C=O) groups excluding carboxylic acids is 2. The summed E-state index contributed by atoms with van der Waals surface area (Å²) >= 11 is 0. The lowest BCUT2D eigenvalue weighted by Crippen LogP contribution is -2.42. The molecular formula is C20H31N3O2. The van der Waals surface area contributed by atoms with Gasteiger partial charge in [0.25, 0.3) is 0 Å². The third-order valence-corrected chi connectivity index (χ3v) is 4.89. The molecule has 1 atom stereocenters. The maximum Gasteiger partial charge on any atom is 0.239 e. The number of aryl methyl sites for hydroxylation is 1. The molecule has 25 heavy (non-hydrogen) atoms. The van der Waals surface area contributed by atoms with Crippen molar-refractivity contribution in [2.45, 2.75) is 45.1 Å². The van der Waals surface area contributed by atoms with E-state index >= 15 is 0 Å². The lowest BCUT2D eigenvalue weighted by molar-refractivity contribution is -0.135. The predicted molar refractivity (Wildman–Crippen MR) is 100 cm³/mol. The molecule has 0 saturated carbocycles. The van der Waals surface area contributed by atoms with E-state index in [1.165, 1.54) is 11.1 Å². The van der Waals surface area contributed by atoms with Crippen molar-refractivity contribution in [3.8, 4) is 0 Å². The third-order valence-electron chi connectivity index (χ3n) is 4.89. The van der Waals surface area contributed by atoms with Crippen LogP contribution in [-0.4, -0.2) is 55.3 Å². The molecule has 1 aromatic carbocycles. The Hall–Kier alpha value is -1.88. The van der Waals surface area contributed by atoms with E-state index in [0.29, 0.717) is 19.5 Å². The molecule has 1 unspecified atom stereocenters. The van der Waals surface area contributed by atoms with Gasteiger partial charge in [-0.05, 0) is 44.5 Å². The molecule has 1 fully saturated rings. The Balaban J connectivity index is 1.91. The van der Waals surface area contributed by atoms with Crippen LogP contribution in [0, 0.1) is 0 Å². The first kappa shape index (κ1) is 19.4. The fourth-order valence-corrected chi connectivity index (χ4v) is 3.22. The van der Waals surface area contributed by atoms with Crippen LogP contribution in [0.1, 0.15) is 49.8 Å². The fourth-order valence-electron chi connectivity index (χ4n) is 3.22. The van der Waals surface area contributed by atoms with Gasteiger partial charge in [-0.25, -0.2) is 0 Å². The normalized spacial score (nSPS) is 16.6. The van der Waals surface area contributed by atoms with Crippen LogP contribution >= 0.6 is 0 Å². The van der Waals surface area contributed by atoms with Crippen LogP contribution in [0.4, 0.5) is 0 Å². The van der Waals surface area contributed by atoms with Crippen molar-refractivity contribution in [2.75, 3.05) is 33.7 Å². The van der Waals surface area contributed by atoms with Gasteiger partial charge in [0.05, 0.1) is 12.6 Å². The van der Waals surface area contributed by atoms with Crippen LogP contribution in [0.25, 0.3) is 0 Å². The van der Waals surface area contributed by atoms with E-state index in [1.54, 1.807) is 4.90 Å². The van der Waals surface area contributed by atoms with Crippen molar-refractivity contribution in [1.82, 2.24) is 15.1 Å². The first-order valence-electron chi connectivity index (χ1n) is 9.31. The second-order valence-corrected chi connectivity index (χ2v) is 7.00. The van der Waals surface area contributed by atoms with Gasteiger partial charge in [-0.1, -0.05) is 37.6 Å². The Morgan fingerprint density at radius 2 is 1.92 bits per heavy atom. The molecule has 0 bridgehead atoms. The number of nitrogens with one attached hydrogen (secondary N) is 1. The van der Waals surface area contributed by atoms with E-state index in [1.807, 2.05) is 14.1 Å². The summed E-state index contributed by atoms with van der Waals surface area (Å²) in [5.41, 5.74) is 2.50. The number of likely N-dealkylation sites (N-methyl/N-ethyl adjacent to an activating group) is 1. The zero-order valence-corrected chi connectivity index (χ0v) is 15.8. The molecule has 2 amide bonds. The molecule has 1 saturated heterocycles. The highest BCUT2D eigenvalue weighted by molar-refractivity contribution is 5.84. The summed E-state index contributed by atoms with van der Waals surface area (Å²) < 4.78 is 0. The number of likely N-dealkylation sites (tertiary alicyclic amines) is 1. The Morgan fingerprint density at radius 1 is 1.20 bits per heavy atom. The van der Waals surface area contributed by atoms with Crippen molar-refractivity contribution in [2.24, 2.45) is 0 Å². The van der Waals surface area contributed by atoms with Crippen LogP contribution in [-0.2, 0) is 16.0 Å². The van der Waals surface area contributed by atoms with Gasteiger partial charge >= 0.3 is 0 Å². The number of hydrogen-bond acceptors (Lipinski definition) is 3. The third kappa shape index (κ3) is 5.85. The van der Waals surface area contributed by atoms with Gasteiger partial charge in [0.15, 0.2) is 0 Å². The summed E-state index contributed by atoms with van der Waals surface area (Å²) in [4.78, 5) is 28.1. The Kier molecular flexibility index (Phi) is 7.44. The van der Waals surface area contributed by atoms with Crippen molar-refractivity contribution in [1.29, 1.82) is 0 Å². The fraction of sp³-hybridized carbons (Fsp3) is 0.600. The summed E-state index contributed by atoms with van der Waals surface area (Å²) in [5, 5.41) is 3.00. The minimum atomic E-state index is -0.0766. The largest absolute Gasteiger partial charge is 0.353 e. The quantitative estimate of drug-likeness (QED) is 0.825. The number of benzene rings is 1. The van der Waals surface area contributed by atoms with E-state index in [0.717, 1.165) is 25.7 Å². The first-order chi connectivity index (χ1) is 12.0. The summed E-state index contributed by atoms with van der Waals surface area (Å²) in [6.45, 7) is 3.55. The number of hydrogen-bond donors (Lipinski definition) is 1. The molecule has 138 valence electrons. The predicted octanol–water partition coefficient (Wildman–Crippen LogP) is 2.37. The standard InChI is InChI=1S/C20H31N3O2/c1-4-16-9-11-17(12-10-16)18(22(2)3)14-21-19(24)15-23-13-7-5-6-8-20(23)25/h9-12,18H,4-8,13-15H2,1-3H3,(H,21,24). The van der Waals surface area contributed by atoms with E-state index < -0.39 is 0 Å².